The Kier molecular flexibility index (Phi) is 3.87. The Labute approximate surface area is 135 Å². The molecule has 0 amide bonds. The number of hydrogen-bond acceptors (Lipinski definition) is 3. The van der Waals surface area contributed by atoms with Gasteiger partial charge in [-0.2, -0.15) is 5.26 Å². The second-order valence-corrected chi connectivity index (χ2v) is 6.46. The number of aryl methyl sites for hydroxylation is 1. The average molecular weight is 355 g/mol. The van der Waals surface area contributed by atoms with Gasteiger partial charge in [-0.05, 0) is 36.8 Å². The molecule has 0 atom stereocenters. The Balaban J connectivity index is 2.02. The summed E-state index contributed by atoms with van der Waals surface area (Å²) in [5, 5.41) is 12.0. The van der Waals surface area contributed by atoms with E-state index in [0.29, 0.717) is 5.56 Å². The molecule has 3 rings (SSSR count). The van der Waals surface area contributed by atoms with Crippen molar-refractivity contribution in [2.24, 2.45) is 0 Å². The highest BCUT2D eigenvalue weighted by Gasteiger charge is 2.09. The van der Waals surface area contributed by atoms with Gasteiger partial charge in [0, 0.05) is 21.0 Å². The number of halogens is 1. The Morgan fingerprint density at radius 2 is 2.05 bits per heavy atom. The molecule has 0 radical (unpaired) electrons. The lowest BCUT2D eigenvalue weighted by Crippen LogP contribution is -1.84. The molecule has 3 aromatic rings. The van der Waals surface area contributed by atoms with E-state index < -0.39 is 0 Å². The third-order valence-electron chi connectivity index (χ3n) is 3.21. The van der Waals surface area contributed by atoms with Crippen molar-refractivity contribution in [3.8, 4) is 27.9 Å². The first-order valence-corrected chi connectivity index (χ1v) is 8.07. The van der Waals surface area contributed by atoms with E-state index in [-0.39, 0.29) is 0 Å². The lowest BCUT2D eigenvalue weighted by Gasteiger charge is -2.02. The van der Waals surface area contributed by atoms with Gasteiger partial charge >= 0.3 is 0 Å². The summed E-state index contributed by atoms with van der Waals surface area (Å²) in [7, 11) is 0. The topological polar surface area (TPSA) is 36.7 Å². The van der Waals surface area contributed by atoms with Crippen LogP contribution in [0, 0.1) is 18.3 Å². The molecule has 0 unspecified atom stereocenters. The molecule has 0 spiro atoms. The maximum absolute atomic E-state index is 8.98. The van der Waals surface area contributed by atoms with Crippen LogP contribution in [0.1, 0.15) is 11.1 Å². The van der Waals surface area contributed by atoms with Crippen LogP contribution >= 0.6 is 27.3 Å². The van der Waals surface area contributed by atoms with Gasteiger partial charge in [0.05, 0.1) is 17.3 Å². The van der Waals surface area contributed by atoms with Crippen molar-refractivity contribution in [2.75, 3.05) is 0 Å². The highest BCUT2D eigenvalue weighted by Crippen LogP contribution is 2.32. The van der Waals surface area contributed by atoms with Crippen LogP contribution in [-0.4, -0.2) is 4.98 Å². The van der Waals surface area contributed by atoms with E-state index in [9.17, 15) is 0 Å². The van der Waals surface area contributed by atoms with E-state index in [2.05, 4.69) is 41.1 Å². The van der Waals surface area contributed by atoms with Crippen molar-refractivity contribution >= 4 is 27.3 Å². The molecule has 0 fully saturated rings. The fraction of sp³-hybridized carbons (Fsp3) is 0.0588. The summed E-state index contributed by atoms with van der Waals surface area (Å²) in [6.45, 7) is 2.08. The van der Waals surface area contributed by atoms with Crippen molar-refractivity contribution in [2.45, 2.75) is 6.92 Å². The van der Waals surface area contributed by atoms with Crippen LogP contribution in [0.15, 0.2) is 52.3 Å². The van der Waals surface area contributed by atoms with Gasteiger partial charge in [0.25, 0.3) is 0 Å². The average Bonchev–Trinajstić information content (AvgIpc) is 2.97. The van der Waals surface area contributed by atoms with Gasteiger partial charge in [-0.1, -0.05) is 34.1 Å². The van der Waals surface area contributed by atoms with Gasteiger partial charge in [-0.15, -0.1) is 11.3 Å². The first kappa shape index (κ1) is 14.0. The standard InChI is InChI=1S/C17H11BrN2S/c1-11-7-14(18)5-6-15(11)17-20-16(10-21-17)13-4-2-3-12(8-13)9-19/h2-8,10H,1H3. The van der Waals surface area contributed by atoms with Crippen LogP contribution < -0.4 is 0 Å². The minimum Gasteiger partial charge on any atom is -0.236 e. The van der Waals surface area contributed by atoms with E-state index in [1.807, 2.05) is 29.6 Å². The van der Waals surface area contributed by atoms with Gasteiger partial charge < -0.3 is 0 Å². The number of nitriles is 1. The normalized spacial score (nSPS) is 10.3. The summed E-state index contributed by atoms with van der Waals surface area (Å²) in [5.41, 5.74) is 4.88. The first-order valence-electron chi connectivity index (χ1n) is 6.40. The zero-order valence-electron chi connectivity index (χ0n) is 11.3. The molecule has 21 heavy (non-hydrogen) atoms. The molecule has 4 heteroatoms. The molecule has 0 aliphatic carbocycles. The van der Waals surface area contributed by atoms with Crippen molar-refractivity contribution < 1.29 is 0 Å². The van der Waals surface area contributed by atoms with Gasteiger partial charge in [0.2, 0.25) is 0 Å². The Hall–Kier alpha value is -1.96. The van der Waals surface area contributed by atoms with Gasteiger partial charge in [0.15, 0.2) is 0 Å². The number of rotatable bonds is 2. The summed E-state index contributed by atoms with van der Waals surface area (Å²) >= 11 is 5.10. The van der Waals surface area contributed by atoms with Crippen LogP contribution in [0.5, 0.6) is 0 Å². The molecule has 1 aromatic heterocycles. The smallest absolute Gasteiger partial charge is 0.124 e. The van der Waals surface area contributed by atoms with Crippen LogP contribution in [0.3, 0.4) is 0 Å². The third-order valence-corrected chi connectivity index (χ3v) is 4.58. The maximum Gasteiger partial charge on any atom is 0.124 e. The molecule has 0 saturated heterocycles. The van der Waals surface area contributed by atoms with E-state index in [1.54, 1.807) is 17.4 Å². The Bertz CT molecular complexity index is 846. The van der Waals surface area contributed by atoms with Crippen LogP contribution in [0.2, 0.25) is 0 Å². The highest BCUT2D eigenvalue weighted by molar-refractivity contribution is 9.10. The van der Waals surface area contributed by atoms with Crippen LogP contribution in [0.25, 0.3) is 21.8 Å². The molecule has 0 aliphatic heterocycles. The molecule has 2 nitrogen and oxygen atoms in total. The number of benzene rings is 2. The lowest BCUT2D eigenvalue weighted by molar-refractivity contribution is 1.36. The largest absolute Gasteiger partial charge is 0.236 e. The SMILES string of the molecule is Cc1cc(Br)ccc1-c1nc(-c2cccc(C#N)c2)cs1. The van der Waals surface area contributed by atoms with E-state index in [4.69, 9.17) is 10.2 Å². The van der Waals surface area contributed by atoms with Crippen molar-refractivity contribution in [3.05, 3.63) is 63.4 Å². The fourth-order valence-electron chi connectivity index (χ4n) is 2.15. The Morgan fingerprint density at radius 3 is 2.81 bits per heavy atom. The predicted molar refractivity (Wildman–Crippen MR) is 90.1 cm³/mol. The molecule has 0 N–H and O–H groups in total. The number of thiazole rings is 1. The van der Waals surface area contributed by atoms with Crippen molar-refractivity contribution in [1.82, 2.24) is 4.98 Å². The second kappa shape index (κ2) is 5.80. The fourth-order valence-corrected chi connectivity index (χ4v) is 3.54. The molecule has 102 valence electrons. The molecule has 0 aliphatic rings. The summed E-state index contributed by atoms with van der Waals surface area (Å²) in [6.07, 6.45) is 0. The third kappa shape index (κ3) is 2.90. The molecule has 2 aromatic carbocycles. The van der Waals surface area contributed by atoms with Crippen molar-refractivity contribution in [1.29, 1.82) is 5.26 Å². The van der Waals surface area contributed by atoms with Crippen LogP contribution in [-0.2, 0) is 0 Å². The van der Waals surface area contributed by atoms with Crippen molar-refractivity contribution in [3.63, 3.8) is 0 Å². The summed E-state index contributed by atoms with van der Waals surface area (Å²) in [6, 6.07) is 15.9. The molecule has 1 heterocycles. The Morgan fingerprint density at radius 1 is 1.19 bits per heavy atom. The number of nitrogens with zero attached hydrogens (tertiary/aromatic N) is 2. The predicted octanol–water partition coefficient (Wildman–Crippen LogP) is 5.42. The van der Waals surface area contributed by atoms with Gasteiger partial charge in [-0.25, -0.2) is 4.98 Å². The maximum atomic E-state index is 8.98. The second-order valence-electron chi connectivity index (χ2n) is 4.69. The molecular formula is C17H11BrN2S. The number of aromatic nitrogens is 1. The zero-order chi connectivity index (χ0) is 14.8. The van der Waals surface area contributed by atoms with Gasteiger partial charge in [0.1, 0.15) is 5.01 Å². The molecule has 0 saturated carbocycles. The zero-order valence-corrected chi connectivity index (χ0v) is 13.7. The number of hydrogen-bond donors (Lipinski definition) is 0. The lowest BCUT2D eigenvalue weighted by atomic mass is 10.1. The summed E-state index contributed by atoms with van der Waals surface area (Å²) < 4.78 is 1.07. The summed E-state index contributed by atoms with van der Waals surface area (Å²) in [4.78, 5) is 4.71. The first-order chi connectivity index (χ1) is 10.2. The van der Waals surface area contributed by atoms with E-state index in [1.165, 1.54) is 5.56 Å². The highest BCUT2D eigenvalue weighted by atomic mass is 79.9. The quantitative estimate of drug-likeness (QED) is 0.615. The van der Waals surface area contributed by atoms with E-state index in [0.717, 1.165) is 26.3 Å². The van der Waals surface area contributed by atoms with Gasteiger partial charge in [-0.3, -0.25) is 0 Å². The summed E-state index contributed by atoms with van der Waals surface area (Å²) in [5.74, 6) is 0. The molecule has 0 bridgehead atoms. The van der Waals surface area contributed by atoms with Crippen LogP contribution in [0.4, 0.5) is 0 Å². The monoisotopic (exact) mass is 354 g/mol. The minimum absolute atomic E-state index is 0.655. The molecular weight excluding hydrogens is 344 g/mol. The minimum atomic E-state index is 0.655. The van der Waals surface area contributed by atoms with E-state index >= 15 is 0 Å².